The van der Waals surface area contributed by atoms with Crippen LogP contribution in [-0.2, 0) is 9.47 Å². The molecule has 2 unspecified atom stereocenters. The molecule has 2 atom stereocenters. The first-order valence-electron chi connectivity index (χ1n) is 11.5. The average molecular weight is 411 g/mol. The lowest BCUT2D eigenvalue weighted by atomic mass is 9.82. The SMILES string of the molecule is CCCCOc1ccc(C2CCC(OCC3CCC(CC)CO3)CC2)c(F)c1F. The second-order valence-electron chi connectivity index (χ2n) is 8.60. The van der Waals surface area contributed by atoms with Gasteiger partial charge in [0.15, 0.2) is 11.6 Å². The Morgan fingerprint density at radius 2 is 1.79 bits per heavy atom. The normalized spacial score (nSPS) is 27.7. The quantitative estimate of drug-likeness (QED) is 0.441. The Morgan fingerprint density at radius 3 is 2.45 bits per heavy atom. The van der Waals surface area contributed by atoms with Gasteiger partial charge in [-0.1, -0.05) is 32.8 Å². The van der Waals surface area contributed by atoms with E-state index in [1.54, 1.807) is 12.1 Å². The molecule has 3 rings (SSSR count). The number of ether oxygens (including phenoxy) is 3. The van der Waals surface area contributed by atoms with Gasteiger partial charge in [0, 0.05) is 6.61 Å². The Kier molecular flexibility index (Phi) is 8.73. The summed E-state index contributed by atoms with van der Waals surface area (Å²) in [5.41, 5.74) is 0.477. The Labute approximate surface area is 174 Å². The van der Waals surface area contributed by atoms with Gasteiger partial charge in [-0.3, -0.25) is 0 Å². The number of hydrogen-bond acceptors (Lipinski definition) is 3. The van der Waals surface area contributed by atoms with Crippen LogP contribution in [0.25, 0.3) is 0 Å². The largest absolute Gasteiger partial charge is 0.490 e. The summed E-state index contributed by atoms with van der Waals surface area (Å²) in [4.78, 5) is 0. The van der Waals surface area contributed by atoms with E-state index in [0.29, 0.717) is 24.7 Å². The van der Waals surface area contributed by atoms with E-state index >= 15 is 0 Å². The smallest absolute Gasteiger partial charge is 0.200 e. The van der Waals surface area contributed by atoms with Gasteiger partial charge >= 0.3 is 0 Å². The zero-order valence-corrected chi connectivity index (χ0v) is 17.9. The standard InChI is InChI=1S/C24H36F2O3/c1-3-5-14-27-22-13-12-21(23(25)24(22)26)18-7-10-19(11-8-18)29-16-20-9-6-17(4-2)15-28-20/h12-13,17-20H,3-11,14-16H2,1-2H3. The molecule has 29 heavy (non-hydrogen) atoms. The summed E-state index contributed by atoms with van der Waals surface area (Å²) in [5, 5.41) is 0. The molecule has 2 aliphatic rings. The highest BCUT2D eigenvalue weighted by molar-refractivity contribution is 5.33. The van der Waals surface area contributed by atoms with Gasteiger partial charge in [-0.2, -0.15) is 4.39 Å². The molecule has 0 aromatic heterocycles. The van der Waals surface area contributed by atoms with Crippen molar-refractivity contribution >= 4 is 0 Å². The molecule has 0 radical (unpaired) electrons. The number of hydrogen-bond donors (Lipinski definition) is 0. The van der Waals surface area contributed by atoms with Crippen LogP contribution < -0.4 is 4.74 Å². The highest BCUT2D eigenvalue weighted by atomic mass is 19.2. The summed E-state index contributed by atoms with van der Waals surface area (Å²) in [5.74, 6) is -0.832. The molecule has 0 N–H and O–H groups in total. The summed E-state index contributed by atoms with van der Waals surface area (Å²) >= 11 is 0. The van der Waals surface area contributed by atoms with Crippen molar-refractivity contribution in [1.82, 2.24) is 0 Å². The molecule has 1 saturated heterocycles. The maximum Gasteiger partial charge on any atom is 0.200 e. The first kappa shape index (κ1) is 22.5. The van der Waals surface area contributed by atoms with Crippen LogP contribution in [0.4, 0.5) is 8.78 Å². The maximum absolute atomic E-state index is 14.6. The van der Waals surface area contributed by atoms with Crippen molar-refractivity contribution in [2.45, 2.75) is 89.8 Å². The van der Waals surface area contributed by atoms with Crippen LogP contribution in [0.15, 0.2) is 12.1 Å². The van der Waals surface area contributed by atoms with Crippen LogP contribution in [0.2, 0.25) is 0 Å². The summed E-state index contributed by atoms with van der Waals surface area (Å²) in [7, 11) is 0. The van der Waals surface area contributed by atoms with E-state index in [1.807, 2.05) is 6.92 Å². The van der Waals surface area contributed by atoms with E-state index in [9.17, 15) is 8.78 Å². The van der Waals surface area contributed by atoms with E-state index in [4.69, 9.17) is 14.2 Å². The molecule has 1 aliphatic heterocycles. The fourth-order valence-corrected chi connectivity index (χ4v) is 4.40. The highest BCUT2D eigenvalue weighted by Crippen LogP contribution is 2.37. The first-order chi connectivity index (χ1) is 14.1. The topological polar surface area (TPSA) is 27.7 Å². The third kappa shape index (κ3) is 6.14. The molecule has 1 heterocycles. The number of unbranched alkanes of at least 4 members (excludes halogenated alkanes) is 1. The summed E-state index contributed by atoms with van der Waals surface area (Å²) in [6.45, 7) is 6.16. The third-order valence-corrected chi connectivity index (χ3v) is 6.51. The van der Waals surface area contributed by atoms with Crippen molar-refractivity contribution in [3.05, 3.63) is 29.3 Å². The van der Waals surface area contributed by atoms with Crippen LogP contribution in [0.3, 0.4) is 0 Å². The first-order valence-corrected chi connectivity index (χ1v) is 11.5. The minimum Gasteiger partial charge on any atom is -0.490 e. The van der Waals surface area contributed by atoms with Crippen LogP contribution in [0.1, 0.15) is 83.1 Å². The Bertz CT molecular complexity index is 621. The minimum atomic E-state index is -0.850. The molecule has 1 aliphatic carbocycles. The Morgan fingerprint density at radius 1 is 1.00 bits per heavy atom. The minimum absolute atomic E-state index is 0.0227. The average Bonchev–Trinajstić information content (AvgIpc) is 2.76. The van der Waals surface area contributed by atoms with Gasteiger partial charge in [0.25, 0.3) is 0 Å². The van der Waals surface area contributed by atoms with Gasteiger partial charge < -0.3 is 14.2 Å². The van der Waals surface area contributed by atoms with E-state index in [0.717, 1.165) is 51.6 Å². The van der Waals surface area contributed by atoms with Gasteiger partial charge in [-0.15, -0.1) is 0 Å². The number of benzene rings is 1. The number of halogens is 2. The van der Waals surface area contributed by atoms with Gasteiger partial charge in [0.1, 0.15) is 0 Å². The zero-order chi connectivity index (χ0) is 20.6. The van der Waals surface area contributed by atoms with Crippen molar-refractivity contribution in [3.8, 4) is 5.75 Å². The summed E-state index contributed by atoms with van der Waals surface area (Å²) < 4.78 is 46.3. The molecular weight excluding hydrogens is 374 g/mol. The fraction of sp³-hybridized carbons (Fsp3) is 0.750. The Balaban J connectivity index is 1.45. The second kappa shape index (κ2) is 11.3. The van der Waals surface area contributed by atoms with Crippen molar-refractivity contribution < 1.29 is 23.0 Å². The van der Waals surface area contributed by atoms with Crippen LogP contribution in [0.5, 0.6) is 5.75 Å². The van der Waals surface area contributed by atoms with E-state index < -0.39 is 11.6 Å². The molecule has 5 heteroatoms. The van der Waals surface area contributed by atoms with Crippen molar-refractivity contribution in [2.75, 3.05) is 19.8 Å². The van der Waals surface area contributed by atoms with Gasteiger partial charge in [0.2, 0.25) is 5.82 Å². The number of rotatable bonds is 9. The van der Waals surface area contributed by atoms with Crippen molar-refractivity contribution in [2.24, 2.45) is 5.92 Å². The molecule has 2 fully saturated rings. The molecule has 3 nitrogen and oxygen atoms in total. The lowest BCUT2D eigenvalue weighted by molar-refractivity contribution is -0.0851. The fourth-order valence-electron chi connectivity index (χ4n) is 4.40. The molecule has 1 saturated carbocycles. The van der Waals surface area contributed by atoms with Gasteiger partial charge in [0.05, 0.1) is 25.4 Å². The molecule has 1 aromatic carbocycles. The second-order valence-corrected chi connectivity index (χ2v) is 8.60. The maximum atomic E-state index is 14.6. The monoisotopic (exact) mass is 410 g/mol. The molecule has 0 amide bonds. The third-order valence-electron chi connectivity index (χ3n) is 6.51. The Hall–Kier alpha value is -1.20. The summed E-state index contributed by atoms with van der Waals surface area (Å²) in [6.07, 6.45) is 9.07. The van der Waals surface area contributed by atoms with E-state index in [1.165, 1.54) is 12.8 Å². The molecule has 0 bridgehead atoms. The predicted octanol–water partition coefficient (Wildman–Crippen LogP) is 6.39. The van der Waals surface area contributed by atoms with E-state index in [2.05, 4.69) is 6.92 Å². The van der Waals surface area contributed by atoms with E-state index in [-0.39, 0.29) is 23.9 Å². The predicted molar refractivity (Wildman–Crippen MR) is 110 cm³/mol. The zero-order valence-electron chi connectivity index (χ0n) is 17.9. The van der Waals surface area contributed by atoms with Gasteiger partial charge in [-0.25, -0.2) is 4.39 Å². The molecule has 0 spiro atoms. The molecule has 164 valence electrons. The summed E-state index contributed by atoms with van der Waals surface area (Å²) in [6, 6.07) is 3.28. The van der Waals surface area contributed by atoms with Gasteiger partial charge in [-0.05, 0) is 68.4 Å². The lowest BCUT2D eigenvalue weighted by Crippen LogP contribution is -2.32. The molecular formula is C24H36F2O3. The van der Waals surface area contributed by atoms with Crippen molar-refractivity contribution in [1.29, 1.82) is 0 Å². The van der Waals surface area contributed by atoms with Crippen LogP contribution in [-0.4, -0.2) is 32.0 Å². The van der Waals surface area contributed by atoms with Crippen LogP contribution in [0, 0.1) is 17.6 Å². The molecule has 1 aromatic rings. The van der Waals surface area contributed by atoms with Crippen LogP contribution >= 0.6 is 0 Å². The lowest BCUT2D eigenvalue weighted by Gasteiger charge is -2.32. The van der Waals surface area contributed by atoms with Crippen molar-refractivity contribution in [3.63, 3.8) is 0 Å². The highest BCUT2D eigenvalue weighted by Gasteiger charge is 2.28.